The maximum absolute atomic E-state index is 13.8. The van der Waals surface area contributed by atoms with Crippen LogP contribution in [0.15, 0.2) is 41.3 Å². The van der Waals surface area contributed by atoms with Crippen LogP contribution in [0.4, 0.5) is 9.52 Å². The number of nitrogens with zero attached hydrogens (tertiary/aromatic N) is 3. The summed E-state index contributed by atoms with van der Waals surface area (Å²) < 4.78 is 47.6. The smallest absolute Gasteiger partial charge is 0.243 e. The van der Waals surface area contributed by atoms with Crippen LogP contribution in [0, 0.1) is 25.6 Å². The quantitative estimate of drug-likeness (QED) is 0.462. The Morgan fingerprint density at radius 1 is 1.17 bits per heavy atom. The van der Waals surface area contributed by atoms with E-state index in [2.05, 4.69) is 13.0 Å². The molecule has 192 valence electrons. The van der Waals surface area contributed by atoms with Gasteiger partial charge in [-0.2, -0.15) is 4.31 Å². The van der Waals surface area contributed by atoms with Gasteiger partial charge < -0.3 is 4.74 Å². The number of aryl methyl sites for hydroxylation is 2. The molecule has 0 bridgehead atoms. The Morgan fingerprint density at radius 2 is 1.89 bits per heavy atom. The third-order valence-electron chi connectivity index (χ3n) is 6.97. The van der Waals surface area contributed by atoms with E-state index in [1.54, 1.807) is 4.90 Å². The van der Waals surface area contributed by atoms with Crippen LogP contribution in [0.1, 0.15) is 36.8 Å². The second-order valence-electron chi connectivity index (χ2n) is 9.64. The van der Waals surface area contributed by atoms with Gasteiger partial charge in [0.1, 0.15) is 5.82 Å². The van der Waals surface area contributed by atoms with E-state index in [4.69, 9.17) is 9.72 Å². The molecule has 1 atom stereocenters. The molecule has 3 heterocycles. The van der Waals surface area contributed by atoms with Crippen molar-refractivity contribution in [1.29, 1.82) is 0 Å². The van der Waals surface area contributed by atoms with E-state index in [1.807, 2.05) is 13.0 Å². The number of halogens is 1. The highest BCUT2D eigenvalue weighted by Crippen LogP contribution is 2.35. The molecule has 2 aliphatic rings. The fourth-order valence-corrected chi connectivity index (χ4v) is 7.55. The summed E-state index contributed by atoms with van der Waals surface area (Å²) in [5.74, 6) is -0.816. The summed E-state index contributed by atoms with van der Waals surface area (Å²) in [6.45, 7) is 5.72. The summed E-state index contributed by atoms with van der Waals surface area (Å²) in [6, 6.07) is 9.01. The van der Waals surface area contributed by atoms with Crippen LogP contribution in [-0.4, -0.2) is 56.0 Å². The van der Waals surface area contributed by atoms with E-state index in [1.165, 1.54) is 27.8 Å². The molecule has 1 aromatic heterocycles. The van der Waals surface area contributed by atoms with Crippen LogP contribution in [0.5, 0.6) is 0 Å². The lowest BCUT2D eigenvalue weighted by atomic mass is 9.96. The number of thiazole rings is 1. The van der Waals surface area contributed by atoms with Gasteiger partial charge in [0.25, 0.3) is 0 Å². The van der Waals surface area contributed by atoms with Gasteiger partial charge in [-0.3, -0.25) is 9.69 Å². The lowest BCUT2D eigenvalue weighted by molar-refractivity contribution is -0.123. The standard InChI is InChI=1S/C26H30FN3O4S2/c1-17-14-18(2)24-23(15-17)28-26(35-24)30(16-21-4-3-13-34-21)25(31)19-9-11-29(12-10-19)36(32,33)22-7-5-20(27)6-8-22/h5-8,14-15,19,21H,3-4,9-13,16H2,1-2H3. The van der Waals surface area contributed by atoms with Crippen molar-refractivity contribution in [2.45, 2.75) is 50.5 Å². The molecular weight excluding hydrogens is 501 g/mol. The van der Waals surface area contributed by atoms with Crippen molar-refractivity contribution in [2.75, 3.05) is 31.1 Å². The molecule has 0 saturated carbocycles. The first-order chi connectivity index (χ1) is 17.2. The highest BCUT2D eigenvalue weighted by atomic mass is 32.2. The van der Waals surface area contributed by atoms with Crippen molar-refractivity contribution in [2.24, 2.45) is 5.92 Å². The predicted octanol–water partition coefficient (Wildman–Crippen LogP) is 4.67. The first-order valence-corrected chi connectivity index (χ1v) is 14.5. The van der Waals surface area contributed by atoms with Crippen molar-refractivity contribution in [3.63, 3.8) is 0 Å². The number of hydrogen-bond donors (Lipinski definition) is 0. The van der Waals surface area contributed by atoms with Gasteiger partial charge in [0.05, 0.1) is 27.8 Å². The van der Waals surface area contributed by atoms with Gasteiger partial charge in [0.15, 0.2) is 5.13 Å². The van der Waals surface area contributed by atoms with Crippen LogP contribution >= 0.6 is 11.3 Å². The van der Waals surface area contributed by atoms with Gasteiger partial charge in [-0.25, -0.2) is 17.8 Å². The molecule has 0 aliphatic carbocycles. The largest absolute Gasteiger partial charge is 0.376 e. The molecule has 2 aliphatic heterocycles. The van der Waals surface area contributed by atoms with Crippen LogP contribution in [0.3, 0.4) is 0 Å². The number of ether oxygens (including phenoxy) is 1. The molecule has 1 unspecified atom stereocenters. The third-order valence-corrected chi connectivity index (χ3v) is 10.1. The second-order valence-corrected chi connectivity index (χ2v) is 12.6. The number of fused-ring (bicyclic) bond motifs is 1. The van der Waals surface area contributed by atoms with Crippen LogP contribution in [0.2, 0.25) is 0 Å². The highest BCUT2D eigenvalue weighted by Gasteiger charge is 2.36. The minimum absolute atomic E-state index is 0.0252. The van der Waals surface area contributed by atoms with Crippen LogP contribution < -0.4 is 4.90 Å². The Hall–Kier alpha value is -2.40. The first-order valence-electron chi connectivity index (χ1n) is 12.3. The topological polar surface area (TPSA) is 79.8 Å². The van der Waals surface area contributed by atoms with Crippen molar-refractivity contribution >= 4 is 42.6 Å². The average molecular weight is 532 g/mol. The molecule has 0 spiro atoms. The van der Waals surface area contributed by atoms with Gasteiger partial charge in [-0.05, 0) is 81.0 Å². The zero-order chi connectivity index (χ0) is 25.4. The molecule has 2 aromatic carbocycles. The monoisotopic (exact) mass is 531 g/mol. The van der Waals surface area contributed by atoms with Crippen molar-refractivity contribution in [3.8, 4) is 0 Å². The van der Waals surface area contributed by atoms with Gasteiger partial charge in [-0.1, -0.05) is 17.4 Å². The highest BCUT2D eigenvalue weighted by molar-refractivity contribution is 7.89. The number of aromatic nitrogens is 1. The summed E-state index contributed by atoms with van der Waals surface area (Å²) in [6.07, 6.45) is 2.70. The first kappa shape index (κ1) is 25.3. The molecule has 1 amide bonds. The third kappa shape index (κ3) is 5.04. The van der Waals surface area contributed by atoms with Crippen molar-refractivity contribution in [3.05, 3.63) is 53.3 Å². The minimum atomic E-state index is -3.73. The summed E-state index contributed by atoms with van der Waals surface area (Å²) in [5.41, 5.74) is 3.15. The van der Waals surface area contributed by atoms with E-state index in [0.29, 0.717) is 31.1 Å². The minimum Gasteiger partial charge on any atom is -0.376 e. The Balaban J connectivity index is 1.35. The Labute approximate surface area is 214 Å². The van der Waals surface area contributed by atoms with Gasteiger partial charge >= 0.3 is 0 Å². The molecular formula is C26H30FN3O4S2. The average Bonchev–Trinajstić information content (AvgIpc) is 3.52. The lowest BCUT2D eigenvalue weighted by Gasteiger charge is -2.33. The van der Waals surface area contributed by atoms with E-state index < -0.39 is 15.8 Å². The number of piperidine rings is 1. The number of rotatable bonds is 6. The van der Waals surface area contributed by atoms with Crippen LogP contribution in [0.25, 0.3) is 10.2 Å². The molecule has 36 heavy (non-hydrogen) atoms. The summed E-state index contributed by atoms with van der Waals surface area (Å²) in [7, 11) is -3.73. The van der Waals surface area contributed by atoms with Crippen molar-refractivity contribution in [1.82, 2.24) is 9.29 Å². The predicted molar refractivity (Wildman–Crippen MR) is 138 cm³/mol. The number of sulfonamides is 1. The SMILES string of the molecule is Cc1cc(C)c2sc(N(CC3CCCO3)C(=O)C3CCN(S(=O)(=O)c4ccc(F)cc4)CC3)nc2c1. The summed E-state index contributed by atoms with van der Waals surface area (Å²) in [5, 5.41) is 0.667. The van der Waals surface area contributed by atoms with E-state index in [0.717, 1.165) is 46.3 Å². The lowest BCUT2D eigenvalue weighted by Crippen LogP contribution is -2.46. The molecule has 5 rings (SSSR count). The molecule has 7 nitrogen and oxygen atoms in total. The number of hydrogen-bond acceptors (Lipinski definition) is 6. The molecule has 0 radical (unpaired) electrons. The number of amides is 1. The van der Waals surface area contributed by atoms with Gasteiger partial charge in [0, 0.05) is 25.6 Å². The second kappa shape index (κ2) is 10.2. The number of benzene rings is 2. The maximum Gasteiger partial charge on any atom is 0.243 e. The Bertz CT molecular complexity index is 1360. The van der Waals surface area contributed by atoms with Gasteiger partial charge in [-0.15, -0.1) is 0 Å². The van der Waals surface area contributed by atoms with Crippen LogP contribution in [-0.2, 0) is 19.6 Å². The number of carbonyl (C=O) groups excluding carboxylic acids is 1. The Kier molecular flexibility index (Phi) is 7.13. The zero-order valence-corrected chi connectivity index (χ0v) is 22.1. The van der Waals surface area contributed by atoms with Crippen molar-refractivity contribution < 1.29 is 22.3 Å². The zero-order valence-electron chi connectivity index (χ0n) is 20.4. The number of carbonyl (C=O) groups is 1. The van der Waals surface area contributed by atoms with E-state index >= 15 is 0 Å². The maximum atomic E-state index is 13.8. The molecule has 10 heteroatoms. The molecule has 2 saturated heterocycles. The van der Waals surface area contributed by atoms with E-state index in [-0.39, 0.29) is 35.9 Å². The molecule has 3 aromatic rings. The summed E-state index contributed by atoms with van der Waals surface area (Å²) >= 11 is 1.52. The Morgan fingerprint density at radius 3 is 2.56 bits per heavy atom. The van der Waals surface area contributed by atoms with E-state index in [9.17, 15) is 17.6 Å². The summed E-state index contributed by atoms with van der Waals surface area (Å²) in [4.78, 5) is 20.5. The number of anilines is 1. The normalized spacial score (nSPS) is 19.7. The fraction of sp³-hybridized carbons (Fsp3) is 0.462. The fourth-order valence-electron chi connectivity index (χ4n) is 5.05. The van der Waals surface area contributed by atoms with Gasteiger partial charge in [0.2, 0.25) is 15.9 Å². The molecule has 0 N–H and O–H groups in total. The molecule has 2 fully saturated rings.